The Labute approximate surface area is 289 Å². The Hall–Kier alpha value is -5.84. The standard InChI is InChI=1S/C39H38N4O7/c1-4-41(23-36(44)49-3)32-15-10-25(18-35(32)48-2)40-38(45)24-21-43(22-24)27-12-14-31-34(20-27)50-33-19-26(42-16-7-17-42)11-13-30(33)37(31)28-8-5-6-9-29(28)39(46)47/h5-6,8-15,18-20,24H,4,7,16-17,21-23H2,1-3H3,(H-,40,45,46,47). The number of nitrogens with zero attached hydrogens (tertiary/aromatic N) is 3. The van der Waals surface area contributed by atoms with Gasteiger partial charge in [0.1, 0.15) is 23.6 Å². The molecule has 0 radical (unpaired) electrons. The molecule has 1 amide bonds. The third kappa shape index (κ3) is 6.11. The highest BCUT2D eigenvalue weighted by molar-refractivity contribution is 6.07. The summed E-state index contributed by atoms with van der Waals surface area (Å²) in [5, 5.41) is 16.9. The van der Waals surface area contributed by atoms with E-state index >= 15 is 0 Å². The van der Waals surface area contributed by atoms with Gasteiger partial charge in [-0.1, -0.05) is 24.3 Å². The molecule has 7 rings (SSSR count). The van der Waals surface area contributed by atoms with E-state index in [9.17, 15) is 19.5 Å². The van der Waals surface area contributed by atoms with Crippen LogP contribution >= 0.6 is 0 Å². The molecule has 3 heterocycles. The first-order valence-corrected chi connectivity index (χ1v) is 16.7. The predicted molar refractivity (Wildman–Crippen MR) is 189 cm³/mol. The number of benzene rings is 4. The van der Waals surface area contributed by atoms with Gasteiger partial charge >= 0.3 is 5.97 Å². The molecule has 50 heavy (non-hydrogen) atoms. The van der Waals surface area contributed by atoms with Crippen molar-refractivity contribution < 1.29 is 33.4 Å². The first kappa shape index (κ1) is 32.7. The first-order valence-electron chi connectivity index (χ1n) is 16.7. The molecule has 0 aromatic heterocycles. The fraction of sp³-hybridized carbons (Fsp3) is 0.282. The van der Waals surface area contributed by atoms with Crippen LogP contribution < -0.4 is 34.9 Å². The normalized spacial score (nSPS) is 15.3. The molecular formula is C39H38N4O7. The fourth-order valence-corrected chi connectivity index (χ4v) is 6.71. The topological polar surface area (TPSA) is 127 Å². The molecule has 1 N–H and O–H groups in total. The van der Waals surface area contributed by atoms with E-state index in [2.05, 4.69) is 20.9 Å². The van der Waals surface area contributed by atoms with Gasteiger partial charge in [-0.2, -0.15) is 0 Å². The van der Waals surface area contributed by atoms with E-state index < -0.39 is 5.97 Å². The number of methoxy groups -OCH3 is 2. The Kier molecular flexibility index (Phi) is 8.88. The van der Waals surface area contributed by atoms with Crippen molar-refractivity contribution >= 4 is 45.9 Å². The average Bonchev–Trinajstić information content (AvgIpc) is 3.08. The lowest BCUT2D eigenvalue weighted by Gasteiger charge is -2.33. The third-order valence-corrected chi connectivity index (χ3v) is 9.66. The van der Waals surface area contributed by atoms with Crippen LogP contribution in [0.15, 0.2) is 83.3 Å². The Morgan fingerprint density at radius 2 is 1.78 bits per heavy atom. The number of anilines is 3. The largest absolute Gasteiger partial charge is 0.545 e. The van der Waals surface area contributed by atoms with Crippen molar-refractivity contribution in [2.45, 2.75) is 13.3 Å². The van der Waals surface area contributed by atoms with Gasteiger partial charge in [0, 0.05) is 71.3 Å². The van der Waals surface area contributed by atoms with Gasteiger partial charge in [-0.05, 0) is 49.2 Å². The minimum Gasteiger partial charge on any atom is -0.545 e. The molecule has 256 valence electrons. The van der Waals surface area contributed by atoms with Crippen LogP contribution in [0.2, 0.25) is 0 Å². The number of carbonyl (C=O) groups is 3. The van der Waals surface area contributed by atoms with Crippen molar-refractivity contribution in [3.63, 3.8) is 0 Å². The monoisotopic (exact) mass is 674 g/mol. The van der Waals surface area contributed by atoms with Gasteiger partial charge in [0.2, 0.25) is 11.3 Å². The number of aromatic carboxylic acids is 1. The highest BCUT2D eigenvalue weighted by Gasteiger charge is 2.38. The van der Waals surface area contributed by atoms with Gasteiger partial charge in [0.15, 0.2) is 19.0 Å². The van der Waals surface area contributed by atoms with Crippen LogP contribution in [0.3, 0.4) is 0 Å². The highest BCUT2D eigenvalue weighted by Crippen LogP contribution is 2.42. The van der Waals surface area contributed by atoms with Gasteiger partial charge in [0.25, 0.3) is 0 Å². The molecule has 0 spiro atoms. The second-order valence-corrected chi connectivity index (χ2v) is 12.6. The zero-order valence-electron chi connectivity index (χ0n) is 28.2. The maximum absolute atomic E-state index is 13.3. The SMILES string of the molecule is CCN(CC(=O)OC)c1ccc(NC(=O)C2C[N+](=c3ccc4c(-c5ccccc5C(=O)[O-])c5ccc(N6CCC6)cc5oc-4c3)C2)cc1OC. The molecular weight excluding hydrogens is 636 g/mol. The molecule has 2 fully saturated rings. The molecule has 0 unspecified atom stereocenters. The van der Waals surface area contributed by atoms with Crippen molar-refractivity contribution in [1.29, 1.82) is 0 Å². The fourth-order valence-electron chi connectivity index (χ4n) is 6.71. The second-order valence-electron chi connectivity index (χ2n) is 12.6. The molecule has 2 saturated heterocycles. The van der Waals surface area contributed by atoms with E-state index in [0.717, 1.165) is 52.8 Å². The van der Waals surface area contributed by atoms with E-state index in [1.54, 1.807) is 37.4 Å². The molecule has 4 aliphatic rings. The summed E-state index contributed by atoms with van der Waals surface area (Å²) in [7, 11) is 2.90. The van der Waals surface area contributed by atoms with E-state index in [-0.39, 0.29) is 29.9 Å². The lowest BCUT2D eigenvalue weighted by Crippen LogP contribution is -2.53. The molecule has 1 aliphatic carbocycles. The average molecular weight is 675 g/mol. The maximum Gasteiger partial charge on any atom is 0.325 e. The maximum atomic E-state index is 13.3. The number of nitrogens with one attached hydrogen (secondary N) is 1. The van der Waals surface area contributed by atoms with Gasteiger partial charge in [0.05, 0.1) is 31.9 Å². The van der Waals surface area contributed by atoms with Crippen LogP contribution in [0, 0.1) is 5.92 Å². The second kappa shape index (κ2) is 13.6. The summed E-state index contributed by atoms with van der Waals surface area (Å²) in [6, 6.07) is 24.3. The van der Waals surface area contributed by atoms with Gasteiger partial charge < -0.3 is 38.9 Å². The van der Waals surface area contributed by atoms with Crippen LogP contribution in [0.25, 0.3) is 33.4 Å². The van der Waals surface area contributed by atoms with Crippen molar-refractivity contribution in [1.82, 2.24) is 4.58 Å². The van der Waals surface area contributed by atoms with Crippen molar-refractivity contribution in [3.8, 4) is 28.2 Å². The molecule has 3 aliphatic heterocycles. The molecule has 0 bridgehead atoms. The van der Waals surface area contributed by atoms with E-state index in [1.807, 2.05) is 54.3 Å². The van der Waals surface area contributed by atoms with Crippen LogP contribution in [-0.2, 0) is 14.3 Å². The Balaban J connectivity index is 1.17. The van der Waals surface area contributed by atoms with Crippen molar-refractivity contribution in [2.75, 3.05) is 68.6 Å². The minimum absolute atomic E-state index is 0.0826. The predicted octanol–water partition coefficient (Wildman–Crippen LogP) is 3.83. The number of likely N-dealkylation sites (N-methyl/N-ethyl adjacent to an activating group) is 1. The van der Waals surface area contributed by atoms with Gasteiger partial charge in [-0.25, -0.2) is 4.58 Å². The van der Waals surface area contributed by atoms with E-state index in [0.29, 0.717) is 48.0 Å². The van der Waals surface area contributed by atoms with E-state index in [4.69, 9.17) is 13.9 Å². The van der Waals surface area contributed by atoms with Crippen molar-refractivity contribution in [3.05, 3.63) is 89.8 Å². The number of esters is 1. The summed E-state index contributed by atoms with van der Waals surface area (Å²) < 4.78 is 19.1. The number of amides is 1. The van der Waals surface area contributed by atoms with Crippen molar-refractivity contribution in [2.24, 2.45) is 5.92 Å². The number of carbonyl (C=O) groups excluding carboxylic acids is 3. The molecule has 3 aromatic rings. The highest BCUT2D eigenvalue weighted by atomic mass is 16.5. The number of carboxylic acids is 1. The summed E-state index contributed by atoms with van der Waals surface area (Å²) in [5.74, 6) is -0.776. The quantitative estimate of drug-likeness (QED) is 0.134. The number of ether oxygens (including phenoxy) is 2. The zero-order chi connectivity index (χ0) is 34.9. The molecule has 0 atom stereocenters. The van der Waals surface area contributed by atoms with Gasteiger partial charge in [-0.3, -0.25) is 9.59 Å². The van der Waals surface area contributed by atoms with Gasteiger partial charge in [-0.15, -0.1) is 0 Å². The van der Waals surface area contributed by atoms with Crippen LogP contribution in [-0.4, -0.2) is 71.3 Å². The van der Waals surface area contributed by atoms with Crippen LogP contribution in [0.1, 0.15) is 23.7 Å². The zero-order valence-corrected chi connectivity index (χ0v) is 28.2. The molecule has 0 saturated carbocycles. The number of rotatable bonds is 10. The summed E-state index contributed by atoms with van der Waals surface area (Å²) in [5.41, 5.74) is 5.30. The molecule has 3 aromatic carbocycles. The van der Waals surface area contributed by atoms with Crippen LogP contribution in [0.4, 0.5) is 17.1 Å². The first-order chi connectivity index (χ1) is 24.3. The minimum atomic E-state index is -1.24. The van der Waals surface area contributed by atoms with Crippen LogP contribution in [0.5, 0.6) is 5.75 Å². The smallest absolute Gasteiger partial charge is 0.325 e. The molecule has 11 heteroatoms. The Morgan fingerprint density at radius 3 is 2.48 bits per heavy atom. The van der Waals surface area contributed by atoms with E-state index in [1.165, 1.54) is 7.11 Å². The number of carboxylic acid groups (broad SMARTS) is 1. The summed E-state index contributed by atoms with van der Waals surface area (Å²) in [6.07, 6.45) is 1.14. The Bertz CT molecular complexity index is 2160. The Morgan fingerprint density at radius 1 is 0.980 bits per heavy atom. The number of hydrogen-bond donors (Lipinski definition) is 1. The number of fused-ring (bicyclic) bond motifs is 2. The summed E-state index contributed by atoms with van der Waals surface area (Å²) in [4.78, 5) is 41.5. The summed E-state index contributed by atoms with van der Waals surface area (Å²) >= 11 is 0. The lowest BCUT2D eigenvalue weighted by molar-refractivity contribution is -0.254. The molecule has 11 nitrogen and oxygen atoms in total. The third-order valence-electron chi connectivity index (χ3n) is 9.66. The number of hydrogen-bond acceptors (Lipinski definition) is 9. The lowest BCUT2D eigenvalue weighted by atomic mass is 9.90. The summed E-state index contributed by atoms with van der Waals surface area (Å²) in [6.45, 7) is 5.60.